The summed E-state index contributed by atoms with van der Waals surface area (Å²) in [6, 6.07) is 0.269. The van der Waals surface area contributed by atoms with Gasteiger partial charge < -0.3 is 4.42 Å². The number of fused-ring (bicyclic) bond motifs is 3. The summed E-state index contributed by atoms with van der Waals surface area (Å²) in [6.45, 7) is 0. The van der Waals surface area contributed by atoms with Crippen molar-refractivity contribution in [2.24, 2.45) is 0 Å². The second kappa shape index (κ2) is 7.23. The third-order valence-electron chi connectivity index (χ3n) is 6.41. The van der Waals surface area contributed by atoms with Gasteiger partial charge in [0, 0.05) is 16.8 Å². The maximum atomic E-state index is 13.6. The Morgan fingerprint density at radius 1 is 1.07 bits per heavy atom. The van der Waals surface area contributed by atoms with Gasteiger partial charge in [-0.1, -0.05) is 24.6 Å². The van der Waals surface area contributed by atoms with Crippen LogP contribution in [0.5, 0.6) is 0 Å². The van der Waals surface area contributed by atoms with Gasteiger partial charge in [-0.3, -0.25) is 9.36 Å². The van der Waals surface area contributed by atoms with Crippen molar-refractivity contribution in [2.45, 2.75) is 87.1 Å². The Morgan fingerprint density at radius 2 is 1.90 bits per heavy atom. The molecule has 3 heterocycles. The average Bonchev–Trinajstić information content (AvgIpc) is 3.14. The van der Waals surface area contributed by atoms with Gasteiger partial charge in [-0.15, -0.1) is 21.5 Å². The maximum absolute atomic E-state index is 13.6. The molecule has 0 bridgehead atoms. The Bertz CT molecular complexity index is 1120. The maximum Gasteiger partial charge on any atom is 0.263 e. The number of nitrogens with zero attached hydrogens (tertiary/aromatic N) is 4. The Hall–Kier alpha value is -1.67. The number of hydrogen-bond acceptors (Lipinski definition) is 7. The molecular formula is C21H24N4O2S2. The number of rotatable bonds is 5. The van der Waals surface area contributed by atoms with Gasteiger partial charge >= 0.3 is 0 Å². The molecule has 6 nitrogen and oxygen atoms in total. The molecule has 0 aliphatic heterocycles. The summed E-state index contributed by atoms with van der Waals surface area (Å²) in [7, 11) is 0. The van der Waals surface area contributed by atoms with E-state index < -0.39 is 0 Å². The standard InChI is InChI=1S/C21H24N4O2S2/c26-20-17-14-7-3-4-8-15(14)29-19(17)22-21(25(20)13-5-1-2-6-13)28-11-16-23-24-18(27-16)12-9-10-12/h12-13H,1-11H2. The van der Waals surface area contributed by atoms with Gasteiger partial charge in [0.2, 0.25) is 11.8 Å². The third-order valence-corrected chi connectivity index (χ3v) is 8.54. The van der Waals surface area contributed by atoms with Gasteiger partial charge in [0.25, 0.3) is 5.56 Å². The van der Waals surface area contributed by atoms with Crippen LogP contribution < -0.4 is 5.56 Å². The SMILES string of the molecule is O=c1c2c3c(sc2nc(SCc2nnc(C4CC4)o2)n1C1CCCC1)CCCC3. The highest BCUT2D eigenvalue weighted by molar-refractivity contribution is 7.98. The Kier molecular flexibility index (Phi) is 4.52. The van der Waals surface area contributed by atoms with Gasteiger partial charge in [-0.2, -0.15) is 0 Å². The number of thiophene rings is 1. The van der Waals surface area contributed by atoms with Gasteiger partial charge in [-0.25, -0.2) is 4.98 Å². The van der Waals surface area contributed by atoms with Crippen molar-refractivity contribution >= 4 is 33.3 Å². The summed E-state index contributed by atoms with van der Waals surface area (Å²) in [5.74, 6) is 2.43. The molecule has 3 aromatic heterocycles. The van der Waals surface area contributed by atoms with Crippen molar-refractivity contribution in [3.63, 3.8) is 0 Å². The van der Waals surface area contributed by atoms with Crippen LogP contribution in [0.3, 0.4) is 0 Å². The van der Waals surface area contributed by atoms with E-state index in [1.165, 1.54) is 36.1 Å². The van der Waals surface area contributed by atoms with Crippen LogP contribution >= 0.6 is 23.1 Å². The van der Waals surface area contributed by atoms with Crippen LogP contribution in [0.25, 0.3) is 10.2 Å². The molecule has 2 fully saturated rings. The molecule has 0 radical (unpaired) electrons. The molecule has 3 aliphatic rings. The minimum absolute atomic E-state index is 0.174. The lowest BCUT2D eigenvalue weighted by Crippen LogP contribution is -2.26. The van der Waals surface area contributed by atoms with Crippen molar-refractivity contribution in [1.29, 1.82) is 0 Å². The largest absolute Gasteiger partial charge is 0.424 e. The molecule has 152 valence electrons. The van der Waals surface area contributed by atoms with Crippen LogP contribution in [0, 0.1) is 0 Å². The number of thioether (sulfide) groups is 1. The molecule has 2 saturated carbocycles. The van der Waals surface area contributed by atoms with Crippen LogP contribution in [0.1, 0.15) is 85.5 Å². The molecule has 3 aliphatic carbocycles. The van der Waals surface area contributed by atoms with E-state index in [1.54, 1.807) is 23.1 Å². The normalized spacial score (nSPS) is 19.9. The first-order chi connectivity index (χ1) is 14.3. The Balaban J connectivity index is 1.39. The zero-order chi connectivity index (χ0) is 19.4. The predicted octanol–water partition coefficient (Wildman–Crippen LogP) is 5.00. The Morgan fingerprint density at radius 3 is 2.72 bits per heavy atom. The van der Waals surface area contributed by atoms with Crippen molar-refractivity contribution in [3.8, 4) is 0 Å². The van der Waals surface area contributed by atoms with E-state index in [0.717, 1.165) is 59.8 Å². The Labute approximate surface area is 177 Å². The van der Waals surface area contributed by atoms with E-state index in [2.05, 4.69) is 10.2 Å². The highest BCUT2D eigenvalue weighted by atomic mass is 32.2. The molecule has 0 atom stereocenters. The number of aromatic nitrogens is 4. The minimum atomic E-state index is 0.174. The fourth-order valence-corrected chi connectivity index (χ4v) is 6.94. The molecule has 0 unspecified atom stereocenters. The molecule has 6 rings (SSSR count). The highest BCUT2D eigenvalue weighted by Crippen LogP contribution is 2.40. The molecule has 0 spiro atoms. The fourth-order valence-electron chi connectivity index (χ4n) is 4.73. The first-order valence-electron chi connectivity index (χ1n) is 10.8. The zero-order valence-electron chi connectivity index (χ0n) is 16.4. The predicted molar refractivity (Wildman–Crippen MR) is 114 cm³/mol. The van der Waals surface area contributed by atoms with Crippen LogP contribution in [-0.4, -0.2) is 19.7 Å². The van der Waals surface area contributed by atoms with E-state index in [-0.39, 0.29) is 11.6 Å². The minimum Gasteiger partial charge on any atom is -0.424 e. The van der Waals surface area contributed by atoms with E-state index in [1.807, 2.05) is 4.57 Å². The monoisotopic (exact) mass is 428 g/mol. The van der Waals surface area contributed by atoms with Gasteiger partial charge in [0.05, 0.1) is 11.1 Å². The topological polar surface area (TPSA) is 73.8 Å². The van der Waals surface area contributed by atoms with Crippen LogP contribution in [-0.2, 0) is 18.6 Å². The summed E-state index contributed by atoms with van der Waals surface area (Å²) < 4.78 is 7.82. The van der Waals surface area contributed by atoms with E-state index in [9.17, 15) is 4.79 Å². The van der Waals surface area contributed by atoms with E-state index >= 15 is 0 Å². The third kappa shape index (κ3) is 3.24. The van der Waals surface area contributed by atoms with Crippen LogP contribution in [0.2, 0.25) is 0 Å². The summed E-state index contributed by atoms with van der Waals surface area (Å²) in [5, 5.41) is 10.1. The van der Waals surface area contributed by atoms with Crippen LogP contribution in [0.4, 0.5) is 0 Å². The molecule has 0 saturated heterocycles. The molecule has 3 aromatic rings. The van der Waals surface area contributed by atoms with Gasteiger partial charge in [-0.05, 0) is 56.9 Å². The number of hydrogen-bond donors (Lipinski definition) is 0. The molecule has 0 amide bonds. The molecule has 8 heteroatoms. The first kappa shape index (κ1) is 18.1. The first-order valence-corrected chi connectivity index (χ1v) is 12.6. The summed E-state index contributed by atoms with van der Waals surface area (Å²) in [5.41, 5.74) is 1.45. The summed E-state index contributed by atoms with van der Waals surface area (Å²) in [4.78, 5) is 21.0. The van der Waals surface area contributed by atoms with Crippen molar-refractivity contribution in [1.82, 2.24) is 19.7 Å². The quantitative estimate of drug-likeness (QED) is 0.420. The lowest BCUT2D eigenvalue weighted by Gasteiger charge is -2.18. The summed E-state index contributed by atoms with van der Waals surface area (Å²) >= 11 is 3.30. The number of aryl methyl sites for hydroxylation is 2. The molecule has 0 N–H and O–H groups in total. The van der Waals surface area contributed by atoms with E-state index in [4.69, 9.17) is 9.40 Å². The van der Waals surface area contributed by atoms with Gasteiger partial charge in [0.15, 0.2) is 5.16 Å². The lowest BCUT2D eigenvalue weighted by molar-refractivity contribution is 0.454. The fraction of sp³-hybridized carbons (Fsp3) is 0.619. The van der Waals surface area contributed by atoms with Crippen molar-refractivity contribution < 1.29 is 4.42 Å². The van der Waals surface area contributed by atoms with Crippen molar-refractivity contribution in [3.05, 3.63) is 32.6 Å². The second-order valence-corrected chi connectivity index (χ2v) is 10.5. The van der Waals surface area contributed by atoms with E-state index in [0.29, 0.717) is 17.6 Å². The molecular weight excluding hydrogens is 404 g/mol. The lowest BCUT2D eigenvalue weighted by atomic mass is 9.97. The second-order valence-electron chi connectivity index (χ2n) is 8.50. The highest BCUT2D eigenvalue weighted by Gasteiger charge is 2.30. The van der Waals surface area contributed by atoms with Crippen molar-refractivity contribution in [2.75, 3.05) is 0 Å². The summed E-state index contributed by atoms with van der Waals surface area (Å²) in [6.07, 6.45) is 11.3. The zero-order valence-corrected chi connectivity index (χ0v) is 18.0. The average molecular weight is 429 g/mol. The van der Waals surface area contributed by atoms with Crippen LogP contribution in [0.15, 0.2) is 14.4 Å². The smallest absolute Gasteiger partial charge is 0.263 e. The molecule has 0 aromatic carbocycles. The molecule has 29 heavy (non-hydrogen) atoms. The van der Waals surface area contributed by atoms with Gasteiger partial charge in [0.1, 0.15) is 4.83 Å².